The molecule has 1 heterocycles. The molecule has 1 aromatic carbocycles. The fraction of sp³-hybridized carbons (Fsp3) is 0.556. The Hall–Kier alpha value is -0.600. The molecule has 1 nitrogen and oxygen atoms in total. The van der Waals surface area contributed by atoms with E-state index in [0.717, 1.165) is 17.3 Å². The van der Waals surface area contributed by atoms with E-state index < -0.39 is 0 Å². The van der Waals surface area contributed by atoms with Gasteiger partial charge in [0.15, 0.2) is 0 Å². The molecule has 1 fully saturated rings. The smallest absolute Gasteiger partial charge is 0.0750 e. The first-order chi connectivity index (χ1) is 9.50. The fourth-order valence-electron chi connectivity index (χ4n) is 3.65. The fourth-order valence-corrected chi connectivity index (χ4v) is 3.91. The van der Waals surface area contributed by atoms with Crippen LogP contribution in [-0.2, 0) is 11.2 Å². The highest BCUT2D eigenvalue weighted by Crippen LogP contribution is 2.49. The van der Waals surface area contributed by atoms with Gasteiger partial charge in [0.25, 0.3) is 0 Å². The zero-order chi connectivity index (χ0) is 14.3. The molecule has 20 heavy (non-hydrogen) atoms. The molecule has 1 saturated heterocycles. The first-order valence-electron chi connectivity index (χ1n) is 7.59. The van der Waals surface area contributed by atoms with Crippen LogP contribution in [0.25, 0.3) is 0 Å². The second-order valence-electron chi connectivity index (χ2n) is 6.67. The Morgan fingerprint density at radius 2 is 2.00 bits per heavy atom. The van der Waals surface area contributed by atoms with Gasteiger partial charge in [0, 0.05) is 10.4 Å². The lowest BCUT2D eigenvalue weighted by molar-refractivity contribution is -0.0686. The number of benzene rings is 1. The quantitative estimate of drug-likeness (QED) is 0.695. The van der Waals surface area contributed by atoms with E-state index in [1.54, 1.807) is 0 Å². The molecule has 108 valence electrons. The summed E-state index contributed by atoms with van der Waals surface area (Å²) in [5, 5.41) is 0. The van der Waals surface area contributed by atoms with Gasteiger partial charge in [-0.25, -0.2) is 0 Å². The molecule has 1 aromatic rings. The van der Waals surface area contributed by atoms with Gasteiger partial charge in [0.1, 0.15) is 0 Å². The molecule has 0 N–H and O–H groups in total. The lowest BCUT2D eigenvalue weighted by Crippen LogP contribution is -2.35. The summed E-state index contributed by atoms with van der Waals surface area (Å²) < 4.78 is 7.72. The van der Waals surface area contributed by atoms with Crippen molar-refractivity contribution in [1.82, 2.24) is 0 Å². The maximum atomic E-state index is 6.58. The number of rotatable bonds is 3. The molecule has 0 radical (unpaired) electrons. The molecular formula is C18H23BrO. The average molecular weight is 335 g/mol. The van der Waals surface area contributed by atoms with Crippen LogP contribution in [0.3, 0.4) is 0 Å². The summed E-state index contributed by atoms with van der Waals surface area (Å²) in [5.41, 5.74) is 2.99. The van der Waals surface area contributed by atoms with Crippen molar-refractivity contribution in [2.24, 2.45) is 11.8 Å². The maximum absolute atomic E-state index is 6.58. The van der Waals surface area contributed by atoms with Crippen LogP contribution in [0.15, 0.2) is 40.4 Å². The minimum Gasteiger partial charge on any atom is -0.370 e. The molecule has 2 aliphatic rings. The van der Waals surface area contributed by atoms with E-state index in [4.69, 9.17) is 4.74 Å². The molecular weight excluding hydrogens is 312 g/mol. The topological polar surface area (TPSA) is 9.23 Å². The van der Waals surface area contributed by atoms with Crippen molar-refractivity contribution in [2.75, 3.05) is 0 Å². The lowest BCUT2D eigenvalue weighted by atomic mass is 9.74. The molecule has 3 rings (SSSR count). The molecule has 0 saturated carbocycles. The van der Waals surface area contributed by atoms with Crippen molar-refractivity contribution in [1.29, 1.82) is 0 Å². The van der Waals surface area contributed by atoms with Crippen LogP contribution in [0.2, 0.25) is 0 Å². The molecule has 0 unspecified atom stereocenters. The maximum Gasteiger partial charge on any atom is 0.0750 e. The predicted molar refractivity (Wildman–Crippen MR) is 86.8 cm³/mol. The lowest BCUT2D eigenvalue weighted by Gasteiger charge is -2.34. The number of hydrogen-bond donors (Lipinski definition) is 0. The Morgan fingerprint density at radius 3 is 2.65 bits per heavy atom. The van der Waals surface area contributed by atoms with Crippen molar-refractivity contribution in [3.63, 3.8) is 0 Å². The first-order valence-corrected chi connectivity index (χ1v) is 8.38. The zero-order valence-electron chi connectivity index (χ0n) is 12.5. The van der Waals surface area contributed by atoms with Gasteiger partial charge in [-0.15, -0.1) is 0 Å². The van der Waals surface area contributed by atoms with Crippen molar-refractivity contribution < 1.29 is 4.74 Å². The van der Waals surface area contributed by atoms with Crippen molar-refractivity contribution in [2.45, 2.75) is 51.7 Å². The third-order valence-corrected chi connectivity index (χ3v) is 5.69. The molecule has 1 aliphatic heterocycles. The van der Waals surface area contributed by atoms with Gasteiger partial charge in [-0.1, -0.05) is 53.6 Å². The van der Waals surface area contributed by atoms with Gasteiger partial charge < -0.3 is 4.74 Å². The SMILES string of the molecule is CC1=CC[C@]2(C(C)C)C[C@H]1[C@H](Cc1ccc(Br)cc1)O2. The molecule has 1 aliphatic carbocycles. The van der Waals surface area contributed by atoms with Crippen LogP contribution in [0, 0.1) is 11.8 Å². The molecule has 0 amide bonds. The van der Waals surface area contributed by atoms with Crippen LogP contribution < -0.4 is 0 Å². The summed E-state index contributed by atoms with van der Waals surface area (Å²) in [6.45, 7) is 6.87. The Bertz CT molecular complexity index is 517. The van der Waals surface area contributed by atoms with E-state index in [1.165, 1.54) is 17.6 Å². The van der Waals surface area contributed by atoms with Crippen LogP contribution >= 0.6 is 15.9 Å². The van der Waals surface area contributed by atoms with Gasteiger partial charge in [-0.05, 0) is 49.8 Å². The minimum absolute atomic E-state index is 0.0875. The molecule has 2 heteroatoms. The number of halogens is 1. The average Bonchev–Trinajstić information content (AvgIpc) is 2.73. The van der Waals surface area contributed by atoms with Gasteiger partial charge in [0.2, 0.25) is 0 Å². The summed E-state index contributed by atoms with van der Waals surface area (Å²) in [5.74, 6) is 1.19. The summed E-state index contributed by atoms with van der Waals surface area (Å²) in [6, 6.07) is 8.66. The Morgan fingerprint density at radius 1 is 1.30 bits per heavy atom. The van der Waals surface area contributed by atoms with Crippen molar-refractivity contribution >= 4 is 15.9 Å². The van der Waals surface area contributed by atoms with E-state index in [9.17, 15) is 0 Å². The van der Waals surface area contributed by atoms with E-state index in [-0.39, 0.29) is 5.60 Å². The van der Waals surface area contributed by atoms with E-state index in [1.807, 2.05) is 0 Å². The third kappa shape index (κ3) is 2.48. The van der Waals surface area contributed by atoms with Crippen LogP contribution in [0.1, 0.15) is 39.2 Å². The highest BCUT2D eigenvalue weighted by atomic mass is 79.9. The van der Waals surface area contributed by atoms with E-state index in [0.29, 0.717) is 17.9 Å². The summed E-state index contributed by atoms with van der Waals surface area (Å²) in [4.78, 5) is 0. The number of ether oxygens (including phenoxy) is 1. The Balaban J connectivity index is 1.81. The molecule has 2 bridgehead atoms. The van der Waals surface area contributed by atoms with Gasteiger partial charge in [0.05, 0.1) is 11.7 Å². The van der Waals surface area contributed by atoms with E-state index in [2.05, 4.69) is 67.0 Å². The highest BCUT2D eigenvalue weighted by Gasteiger charge is 2.50. The van der Waals surface area contributed by atoms with Crippen molar-refractivity contribution in [3.05, 3.63) is 46.0 Å². The predicted octanol–water partition coefficient (Wildman–Crippen LogP) is 5.14. The molecule has 3 atom stereocenters. The van der Waals surface area contributed by atoms with Crippen molar-refractivity contribution in [3.8, 4) is 0 Å². The minimum atomic E-state index is 0.0875. The van der Waals surface area contributed by atoms with Crippen LogP contribution in [-0.4, -0.2) is 11.7 Å². The zero-order valence-corrected chi connectivity index (χ0v) is 14.1. The van der Waals surface area contributed by atoms with Crippen LogP contribution in [0.5, 0.6) is 0 Å². The van der Waals surface area contributed by atoms with Gasteiger partial charge >= 0.3 is 0 Å². The van der Waals surface area contributed by atoms with Gasteiger partial charge in [-0.3, -0.25) is 0 Å². The number of fused-ring (bicyclic) bond motifs is 2. The first kappa shape index (κ1) is 14.3. The normalized spacial score (nSPS) is 32.5. The summed E-state index contributed by atoms with van der Waals surface area (Å²) in [7, 11) is 0. The van der Waals surface area contributed by atoms with E-state index >= 15 is 0 Å². The largest absolute Gasteiger partial charge is 0.370 e. The summed E-state index contributed by atoms with van der Waals surface area (Å²) >= 11 is 3.50. The monoisotopic (exact) mass is 334 g/mol. The third-order valence-electron chi connectivity index (χ3n) is 5.16. The molecule has 0 aromatic heterocycles. The number of hydrogen-bond acceptors (Lipinski definition) is 1. The second-order valence-corrected chi connectivity index (χ2v) is 7.58. The molecule has 0 spiro atoms. The highest BCUT2D eigenvalue weighted by molar-refractivity contribution is 9.10. The standard InChI is InChI=1S/C18H23BrO/c1-12(2)18-9-8-13(3)16(11-18)17(20-18)10-14-4-6-15(19)7-5-14/h4-8,12,16-17H,9-11H2,1-3H3/t16-,17+,18-/m1/s1. The van der Waals surface area contributed by atoms with Gasteiger partial charge in [-0.2, -0.15) is 0 Å². The second kappa shape index (κ2) is 5.31. The summed E-state index contributed by atoms with van der Waals surface area (Å²) in [6.07, 6.45) is 6.07. The van der Waals surface area contributed by atoms with Crippen LogP contribution in [0.4, 0.5) is 0 Å². The Labute approximate surface area is 130 Å². The Kier molecular flexibility index (Phi) is 3.81.